The Balaban J connectivity index is 1.17. The Labute approximate surface area is 205 Å². The highest BCUT2D eigenvalue weighted by molar-refractivity contribution is 6.08. The maximum absolute atomic E-state index is 13.3. The summed E-state index contributed by atoms with van der Waals surface area (Å²) in [5.41, 5.74) is 1.67. The van der Waals surface area contributed by atoms with E-state index in [1.54, 1.807) is 7.11 Å². The number of likely N-dealkylation sites (tertiary alicyclic amines) is 1. The summed E-state index contributed by atoms with van der Waals surface area (Å²) in [6.07, 6.45) is 8.26. The quantitative estimate of drug-likeness (QED) is 0.687. The van der Waals surface area contributed by atoms with E-state index >= 15 is 0 Å². The van der Waals surface area contributed by atoms with Crippen molar-refractivity contribution in [2.75, 3.05) is 33.5 Å². The van der Waals surface area contributed by atoms with Crippen LogP contribution in [0.3, 0.4) is 0 Å². The number of rotatable bonds is 6. The molecule has 1 saturated carbocycles. The summed E-state index contributed by atoms with van der Waals surface area (Å²) in [7, 11) is 1.73. The molecule has 4 aliphatic rings. The fourth-order valence-corrected chi connectivity index (χ4v) is 5.65. The second-order valence-electron chi connectivity index (χ2n) is 9.78. The zero-order valence-corrected chi connectivity index (χ0v) is 20.0. The van der Waals surface area contributed by atoms with Crippen molar-refractivity contribution in [3.63, 3.8) is 0 Å². The lowest BCUT2D eigenvalue weighted by atomic mass is 9.89. The van der Waals surface area contributed by atoms with Crippen LogP contribution in [0.4, 0.5) is 0 Å². The standard InChI is InChI=1S/C28H31N3O4/c1-33-22-7-3-2-6-21(22)26(31-14-4-5-15-31)19-8-11-25(29-17-19)30-27(32)28(12-13-28)20-9-10-23-24(16-20)35-18-34-23/h2-3,6-11,16,19,26H,4-5,12-15,17-18H2,1H3,(H,29,30,32). The predicted molar refractivity (Wildman–Crippen MR) is 133 cm³/mol. The summed E-state index contributed by atoms with van der Waals surface area (Å²) >= 11 is 0. The molecule has 7 heteroatoms. The number of nitrogens with one attached hydrogen (secondary N) is 1. The molecule has 1 amide bonds. The normalized spacial score (nSPS) is 23.0. The van der Waals surface area contributed by atoms with E-state index in [0.717, 1.165) is 43.0 Å². The van der Waals surface area contributed by atoms with Crippen molar-refractivity contribution in [1.82, 2.24) is 10.2 Å². The fourth-order valence-electron chi connectivity index (χ4n) is 5.65. The van der Waals surface area contributed by atoms with Gasteiger partial charge >= 0.3 is 0 Å². The molecule has 0 bridgehead atoms. The van der Waals surface area contributed by atoms with Gasteiger partial charge in [0.2, 0.25) is 12.7 Å². The second kappa shape index (κ2) is 9.04. The van der Waals surface area contributed by atoms with Crippen LogP contribution in [-0.2, 0) is 10.2 Å². The van der Waals surface area contributed by atoms with Crippen molar-refractivity contribution >= 4 is 11.7 Å². The van der Waals surface area contributed by atoms with Gasteiger partial charge in [-0.1, -0.05) is 30.3 Å². The number of carbonyl (C=O) groups excluding carboxylic acids is 1. The number of amidine groups is 1. The molecule has 6 rings (SSSR count). The van der Waals surface area contributed by atoms with E-state index in [0.29, 0.717) is 18.1 Å². The minimum absolute atomic E-state index is 0.000892. The lowest BCUT2D eigenvalue weighted by molar-refractivity contribution is -0.122. The van der Waals surface area contributed by atoms with Gasteiger partial charge < -0.3 is 19.5 Å². The lowest BCUT2D eigenvalue weighted by Crippen LogP contribution is -2.40. The molecule has 2 aromatic rings. The van der Waals surface area contributed by atoms with E-state index in [9.17, 15) is 4.79 Å². The Hall–Kier alpha value is -3.32. The van der Waals surface area contributed by atoms with Gasteiger partial charge in [-0.25, -0.2) is 0 Å². The Morgan fingerprint density at radius 2 is 1.94 bits per heavy atom. The molecule has 2 fully saturated rings. The first-order chi connectivity index (χ1) is 17.2. The molecule has 0 radical (unpaired) electrons. The van der Waals surface area contributed by atoms with Crippen molar-refractivity contribution < 1.29 is 19.0 Å². The largest absolute Gasteiger partial charge is 0.496 e. The van der Waals surface area contributed by atoms with E-state index in [-0.39, 0.29) is 24.7 Å². The molecule has 0 spiro atoms. The molecule has 3 heterocycles. The third-order valence-electron chi connectivity index (χ3n) is 7.72. The van der Waals surface area contributed by atoms with Gasteiger partial charge in [0.1, 0.15) is 11.6 Å². The maximum Gasteiger partial charge on any atom is 0.236 e. The SMILES string of the molecule is COc1ccccc1C(C1C=CC(NC(=O)C2(c3ccc4c(c3)OCO4)CC2)=NC1)N1CCCC1. The van der Waals surface area contributed by atoms with E-state index in [1.807, 2.05) is 36.4 Å². The Morgan fingerprint density at radius 3 is 2.69 bits per heavy atom. The van der Waals surface area contributed by atoms with E-state index < -0.39 is 5.41 Å². The number of fused-ring (bicyclic) bond motifs is 1. The van der Waals surface area contributed by atoms with E-state index in [1.165, 1.54) is 18.4 Å². The van der Waals surface area contributed by atoms with Crippen molar-refractivity contribution in [3.05, 3.63) is 65.7 Å². The highest BCUT2D eigenvalue weighted by Gasteiger charge is 2.52. The van der Waals surface area contributed by atoms with Crippen LogP contribution in [0, 0.1) is 5.92 Å². The Kier molecular flexibility index (Phi) is 5.72. The molecule has 7 nitrogen and oxygen atoms in total. The topological polar surface area (TPSA) is 72.4 Å². The smallest absolute Gasteiger partial charge is 0.236 e. The summed E-state index contributed by atoms with van der Waals surface area (Å²) in [6, 6.07) is 14.3. The van der Waals surface area contributed by atoms with Crippen LogP contribution in [0.15, 0.2) is 59.6 Å². The fraction of sp³-hybridized carbons (Fsp3) is 0.429. The summed E-state index contributed by atoms with van der Waals surface area (Å²) in [4.78, 5) is 20.7. The number of benzene rings is 2. The van der Waals surface area contributed by atoms with Crippen molar-refractivity contribution in [3.8, 4) is 17.2 Å². The minimum atomic E-state index is -0.510. The van der Waals surface area contributed by atoms with Crippen LogP contribution in [-0.4, -0.2) is 50.2 Å². The van der Waals surface area contributed by atoms with Crippen LogP contribution >= 0.6 is 0 Å². The van der Waals surface area contributed by atoms with Crippen LogP contribution in [0.5, 0.6) is 17.2 Å². The third-order valence-corrected chi connectivity index (χ3v) is 7.72. The number of dihydropyridines is 1. The van der Waals surface area contributed by atoms with Crippen LogP contribution < -0.4 is 19.5 Å². The number of para-hydroxylation sites is 1. The monoisotopic (exact) mass is 473 g/mol. The van der Waals surface area contributed by atoms with Crippen LogP contribution in [0.25, 0.3) is 0 Å². The zero-order chi connectivity index (χ0) is 23.8. The van der Waals surface area contributed by atoms with Gasteiger partial charge in [-0.3, -0.25) is 14.7 Å². The molecule has 182 valence electrons. The highest BCUT2D eigenvalue weighted by Crippen LogP contribution is 2.50. The number of amides is 1. The molecule has 1 aliphatic carbocycles. The van der Waals surface area contributed by atoms with Gasteiger partial charge in [0, 0.05) is 24.1 Å². The molecular formula is C28H31N3O4. The van der Waals surface area contributed by atoms with Gasteiger partial charge in [-0.05, 0) is 68.6 Å². The Morgan fingerprint density at radius 1 is 1.14 bits per heavy atom. The van der Waals surface area contributed by atoms with Gasteiger partial charge in [0.15, 0.2) is 11.5 Å². The Bertz CT molecular complexity index is 1180. The van der Waals surface area contributed by atoms with Crippen LogP contribution in [0.2, 0.25) is 0 Å². The molecule has 1 N–H and O–H groups in total. The predicted octanol–water partition coefficient (Wildman–Crippen LogP) is 3.99. The minimum Gasteiger partial charge on any atom is -0.496 e. The summed E-state index contributed by atoms with van der Waals surface area (Å²) in [6.45, 7) is 3.02. The molecule has 0 aromatic heterocycles. The van der Waals surface area contributed by atoms with Gasteiger partial charge in [0.25, 0.3) is 0 Å². The maximum atomic E-state index is 13.3. The molecule has 2 atom stereocenters. The number of methoxy groups -OCH3 is 1. The van der Waals surface area contributed by atoms with Gasteiger partial charge in [-0.2, -0.15) is 0 Å². The second-order valence-corrected chi connectivity index (χ2v) is 9.78. The summed E-state index contributed by atoms with van der Waals surface area (Å²) < 4.78 is 16.6. The average molecular weight is 474 g/mol. The first kappa shape index (κ1) is 22.2. The first-order valence-corrected chi connectivity index (χ1v) is 12.5. The first-order valence-electron chi connectivity index (χ1n) is 12.5. The van der Waals surface area contributed by atoms with Crippen molar-refractivity contribution in [1.29, 1.82) is 0 Å². The average Bonchev–Trinajstić information content (AvgIpc) is 3.29. The summed E-state index contributed by atoms with van der Waals surface area (Å²) in [5, 5.41) is 3.09. The summed E-state index contributed by atoms with van der Waals surface area (Å²) in [5.74, 6) is 3.22. The van der Waals surface area contributed by atoms with E-state index in [4.69, 9.17) is 19.2 Å². The number of nitrogens with zero attached hydrogens (tertiary/aromatic N) is 2. The van der Waals surface area contributed by atoms with E-state index in [2.05, 4.69) is 28.4 Å². The van der Waals surface area contributed by atoms with Crippen molar-refractivity contribution in [2.24, 2.45) is 10.9 Å². The van der Waals surface area contributed by atoms with Gasteiger partial charge in [-0.15, -0.1) is 0 Å². The molecule has 3 aliphatic heterocycles. The molecule has 35 heavy (non-hydrogen) atoms. The van der Waals surface area contributed by atoms with Gasteiger partial charge in [0.05, 0.1) is 12.5 Å². The number of hydrogen-bond acceptors (Lipinski definition) is 6. The zero-order valence-electron chi connectivity index (χ0n) is 20.0. The number of ether oxygens (including phenoxy) is 3. The number of carbonyl (C=O) groups is 1. The third kappa shape index (κ3) is 4.08. The molecule has 2 unspecified atom stereocenters. The van der Waals surface area contributed by atoms with Crippen molar-refractivity contribution in [2.45, 2.75) is 37.1 Å². The highest BCUT2D eigenvalue weighted by atomic mass is 16.7. The molecule has 2 aromatic carbocycles. The number of aliphatic imine (C=N–C) groups is 1. The number of hydrogen-bond donors (Lipinski definition) is 1. The molecular weight excluding hydrogens is 442 g/mol. The van der Waals surface area contributed by atoms with Crippen LogP contribution in [0.1, 0.15) is 42.9 Å². The lowest BCUT2D eigenvalue weighted by Gasteiger charge is -2.34. The molecule has 1 saturated heterocycles.